The van der Waals surface area contributed by atoms with Crippen molar-refractivity contribution in [2.24, 2.45) is 0 Å². The third-order valence-corrected chi connectivity index (χ3v) is 5.85. The lowest BCUT2D eigenvalue weighted by Crippen LogP contribution is -2.25. The molecule has 168 valence electrons. The smallest absolute Gasteiger partial charge is 0.338 e. The molecule has 0 radical (unpaired) electrons. The van der Waals surface area contributed by atoms with Crippen LogP contribution in [0.3, 0.4) is 0 Å². The normalized spacial score (nSPS) is 11.1. The van der Waals surface area contributed by atoms with Crippen molar-refractivity contribution in [3.05, 3.63) is 53.6 Å². The number of rotatable bonds is 11. The van der Waals surface area contributed by atoms with Crippen LogP contribution < -0.4 is 14.8 Å². The van der Waals surface area contributed by atoms with Gasteiger partial charge in [0.05, 0.1) is 19.3 Å². The molecule has 2 N–H and O–H groups in total. The molecule has 0 aromatic heterocycles. The minimum absolute atomic E-state index is 0.110. The summed E-state index contributed by atoms with van der Waals surface area (Å²) in [6, 6.07) is 10.5. The molecule has 0 spiro atoms. The van der Waals surface area contributed by atoms with E-state index in [9.17, 15) is 18.0 Å². The summed E-state index contributed by atoms with van der Waals surface area (Å²) >= 11 is 0. The second kappa shape index (κ2) is 11.5. The predicted octanol–water partition coefficient (Wildman–Crippen LogP) is 3.59. The molecule has 2 aromatic rings. The molecular weight excluding hydrogens is 420 g/mol. The number of anilines is 1. The molecule has 0 atom stereocenters. The zero-order chi connectivity index (χ0) is 22.9. The average molecular weight is 449 g/mol. The highest BCUT2D eigenvalue weighted by Gasteiger charge is 2.21. The molecular formula is C22H28N2O6S. The van der Waals surface area contributed by atoms with Gasteiger partial charge in [-0.25, -0.2) is 17.9 Å². The lowest BCUT2D eigenvalue weighted by molar-refractivity contribution is 0.0499. The Bertz CT molecular complexity index is 1000. The number of benzene rings is 2. The van der Waals surface area contributed by atoms with Crippen LogP contribution in [0.4, 0.5) is 5.69 Å². The predicted molar refractivity (Wildman–Crippen MR) is 118 cm³/mol. The van der Waals surface area contributed by atoms with Crippen molar-refractivity contribution in [3.8, 4) is 5.75 Å². The van der Waals surface area contributed by atoms with E-state index in [0.717, 1.165) is 12.8 Å². The Balaban J connectivity index is 2.15. The molecule has 0 saturated carbocycles. The molecule has 0 aliphatic heterocycles. The SMILES string of the molecule is CCCCOC(=O)c1ccc(NC(=O)c2ccc(OC)c(S(=O)(=O)NCCC)c2)cc1. The first-order valence-electron chi connectivity index (χ1n) is 10.1. The van der Waals surface area contributed by atoms with Crippen LogP contribution in [0.15, 0.2) is 47.4 Å². The fraction of sp³-hybridized carbons (Fsp3) is 0.364. The summed E-state index contributed by atoms with van der Waals surface area (Å²) < 4.78 is 37.8. The van der Waals surface area contributed by atoms with Gasteiger partial charge < -0.3 is 14.8 Å². The maximum Gasteiger partial charge on any atom is 0.338 e. The van der Waals surface area contributed by atoms with Crippen LogP contribution in [-0.4, -0.2) is 40.6 Å². The van der Waals surface area contributed by atoms with E-state index in [1.807, 2.05) is 13.8 Å². The average Bonchev–Trinajstić information content (AvgIpc) is 2.77. The van der Waals surface area contributed by atoms with E-state index in [-0.39, 0.29) is 22.8 Å². The molecule has 0 saturated heterocycles. The van der Waals surface area contributed by atoms with E-state index in [2.05, 4.69) is 10.0 Å². The van der Waals surface area contributed by atoms with Gasteiger partial charge in [-0.3, -0.25) is 4.79 Å². The summed E-state index contributed by atoms with van der Waals surface area (Å²) in [5, 5.41) is 2.69. The van der Waals surface area contributed by atoms with Gasteiger partial charge in [-0.15, -0.1) is 0 Å². The number of hydrogen-bond acceptors (Lipinski definition) is 6. The first-order chi connectivity index (χ1) is 14.8. The highest BCUT2D eigenvalue weighted by Crippen LogP contribution is 2.25. The number of amides is 1. The van der Waals surface area contributed by atoms with Gasteiger partial charge in [0.2, 0.25) is 10.0 Å². The van der Waals surface area contributed by atoms with Gasteiger partial charge in [0.25, 0.3) is 5.91 Å². The number of carbonyl (C=O) groups excluding carboxylic acids is 2. The molecule has 2 aromatic carbocycles. The lowest BCUT2D eigenvalue weighted by Gasteiger charge is -2.12. The van der Waals surface area contributed by atoms with Crippen LogP contribution in [0.1, 0.15) is 53.8 Å². The minimum atomic E-state index is -3.83. The third kappa shape index (κ3) is 6.80. The molecule has 31 heavy (non-hydrogen) atoms. The van der Waals surface area contributed by atoms with Crippen LogP contribution in [-0.2, 0) is 14.8 Å². The Kier molecular flexibility index (Phi) is 9.02. The quantitative estimate of drug-likeness (QED) is 0.401. The molecule has 0 heterocycles. The summed E-state index contributed by atoms with van der Waals surface area (Å²) in [5.74, 6) is -0.769. The van der Waals surface area contributed by atoms with Crippen molar-refractivity contribution < 1.29 is 27.5 Å². The van der Waals surface area contributed by atoms with Crippen molar-refractivity contribution in [3.63, 3.8) is 0 Å². The van der Waals surface area contributed by atoms with E-state index < -0.39 is 21.9 Å². The van der Waals surface area contributed by atoms with Crippen molar-refractivity contribution in [1.82, 2.24) is 4.72 Å². The number of esters is 1. The van der Waals surface area contributed by atoms with Crippen molar-refractivity contribution in [2.75, 3.05) is 25.6 Å². The van der Waals surface area contributed by atoms with Gasteiger partial charge >= 0.3 is 5.97 Å². The van der Waals surface area contributed by atoms with Gasteiger partial charge in [-0.1, -0.05) is 20.3 Å². The maximum atomic E-state index is 12.6. The summed E-state index contributed by atoms with van der Waals surface area (Å²) in [6.45, 7) is 4.49. The summed E-state index contributed by atoms with van der Waals surface area (Å²) in [4.78, 5) is 24.5. The number of sulfonamides is 1. The minimum Gasteiger partial charge on any atom is -0.495 e. The van der Waals surface area contributed by atoms with Gasteiger partial charge in [-0.2, -0.15) is 0 Å². The largest absolute Gasteiger partial charge is 0.495 e. The first kappa shape index (κ1) is 24.4. The van der Waals surface area contributed by atoms with E-state index in [0.29, 0.717) is 24.3 Å². The second-order valence-electron chi connectivity index (χ2n) is 6.78. The van der Waals surface area contributed by atoms with Crippen molar-refractivity contribution in [2.45, 2.75) is 38.0 Å². The van der Waals surface area contributed by atoms with Gasteiger partial charge in [0, 0.05) is 17.8 Å². The van der Waals surface area contributed by atoms with Crippen molar-refractivity contribution >= 4 is 27.6 Å². The molecule has 2 rings (SSSR count). The zero-order valence-corrected chi connectivity index (χ0v) is 18.8. The summed E-state index contributed by atoms with van der Waals surface area (Å²) in [7, 11) is -2.46. The third-order valence-electron chi connectivity index (χ3n) is 4.37. The maximum absolute atomic E-state index is 12.6. The fourth-order valence-electron chi connectivity index (χ4n) is 2.63. The Morgan fingerprint density at radius 3 is 2.26 bits per heavy atom. The molecule has 0 aliphatic carbocycles. The summed E-state index contributed by atoms with van der Waals surface area (Å²) in [6.07, 6.45) is 2.36. The Hall–Kier alpha value is -2.91. The number of nitrogens with one attached hydrogen (secondary N) is 2. The number of hydrogen-bond donors (Lipinski definition) is 2. The highest BCUT2D eigenvalue weighted by molar-refractivity contribution is 7.89. The molecule has 9 heteroatoms. The van der Waals surface area contributed by atoms with E-state index in [1.165, 1.54) is 25.3 Å². The fourth-order valence-corrected chi connectivity index (χ4v) is 3.95. The standard InChI is InChI=1S/C22H28N2O6S/c1-4-6-14-30-22(26)16-7-10-18(11-8-16)24-21(25)17-9-12-19(29-3)20(15-17)31(27,28)23-13-5-2/h7-12,15,23H,4-6,13-14H2,1-3H3,(H,24,25). The van der Waals surface area contributed by atoms with Gasteiger partial charge in [0.1, 0.15) is 10.6 Å². The Morgan fingerprint density at radius 2 is 1.65 bits per heavy atom. The second-order valence-corrected chi connectivity index (χ2v) is 8.52. The number of carbonyl (C=O) groups is 2. The zero-order valence-electron chi connectivity index (χ0n) is 17.9. The van der Waals surface area contributed by atoms with Crippen LogP contribution in [0.25, 0.3) is 0 Å². The first-order valence-corrected chi connectivity index (χ1v) is 11.6. The molecule has 0 bridgehead atoms. The topological polar surface area (TPSA) is 111 Å². The number of unbranched alkanes of at least 4 members (excludes halogenated alkanes) is 1. The molecule has 0 unspecified atom stereocenters. The van der Waals surface area contributed by atoms with E-state index in [1.54, 1.807) is 24.3 Å². The van der Waals surface area contributed by atoms with Gasteiger partial charge in [-0.05, 0) is 55.3 Å². The summed E-state index contributed by atoms with van der Waals surface area (Å²) in [5.41, 5.74) is 0.995. The van der Waals surface area contributed by atoms with Crippen LogP contribution >= 0.6 is 0 Å². The monoisotopic (exact) mass is 448 g/mol. The van der Waals surface area contributed by atoms with Crippen molar-refractivity contribution in [1.29, 1.82) is 0 Å². The van der Waals surface area contributed by atoms with Crippen LogP contribution in [0.2, 0.25) is 0 Å². The van der Waals surface area contributed by atoms with E-state index >= 15 is 0 Å². The Labute approximate surface area is 183 Å². The highest BCUT2D eigenvalue weighted by atomic mass is 32.2. The molecule has 0 aliphatic rings. The van der Waals surface area contributed by atoms with Crippen LogP contribution in [0.5, 0.6) is 5.75 Å². The molecule has 0 fully saturated rings. The lowest BCUT2D eigenvalue weighted by atomic mass is 10.1. The number of methoxy groups -OCH3 is 1. The molecule has 1 amide bonds. The Morgan fingerprint density at radius 1 is 0.968 bits per heavy atom. The number of ether oxygens (including phenoxy) is 2. The molecule has 8 nitrogen and oxygen atoms in total. The van der Waals surface area contributed by atoms with Gasteiger partial charge in [0.15, 0.2) is 0 Å². The van der Waals surface area contributed by atoms with Crippen LogP contribution in [0, 0.1) is 0 Å². The van der Waals surface area contributed by atoms with E-state index in [4.69, 9.17) is 9.47 Å².